The molecule has 3 nitrogen and oxygen atoms in total. The van der Waals surface area contributed by atoms with Crippen LogP contribution in [0.3, 0.4) is 0 Å². The molecule has 2 aromatic rings. The van der Waals surface area contributed by atoms with Gasteiger partial charge in [-0.2, -0.15) is 0 Å². The second kappa shape index (κ2) is 10.7. The molecule has 0 aliphatic carbocycles. The first-order chi connectivity index (χ1) is 13.7. The number of unbranched alkanes of at least 4 members (excludes halogenated alkanes) is 3. The molecule has 28 heavy (non-hydrogen) atoms. The number of hydrogen-bond donors (Lipinski definition) is 2. The fourth-order valence-electron chi connectivity index (χ4n) is 3.42. The molecule has 2 N–H and O–H groups in total. The van der Waals surface area contributed by atoms with Gasteiger partial charge in [0.25, 0.3) is 0 Å². The van der Waals surface area contributed by atoms with Crippen molar-refractivity contribution in [1.82, 2.24) is 5.32 Å². The van der Waals surface area contributed by atoms with Crippen LogP contribution in [0.25, 0.3) is 0 Å². The van der Waals surface area contributed by atoms with Crippen LogP contribution in [-0.2, 0) is 17.6 Å². The van der Waals surface area contributed by atoms with E-state index in [1.54, 1.807) is 0 Å². The molecular weight excluding hydrogens is 346 g/mol. The number of carboxylic acids is 1. The fourth-order valence-corrected chi connectivity index (χ4v) is 3.42. The summed E-state index contributed by atoms with van der Waals surface area (Å²) < 4.78 is 0. The molecule has 0 atom stereocenters. The van der Waals surface area contributed by atoms with E-state index in [0.717, 1.165) is 57.2 Å². The second-order valence-electron chi connectivity index (χ2n) is 7.57. The van der Waals surface area contributed by atoms with Gasteiger partial charge in [-0.1, -0.05) is 61.1 Å². The quantitative estimate of drug-likeness (QED) is 0.504. The Labute approximate surface area is 168 Å². The lowest BCUT2D eigenvalue weighted by Crippen LogP contribution is -2.40. The molecule has 0 bridgehead atoms. The van der Waals surface area contributed by atoms with Gasteiger partial charge in [-0.15, -0.1) is 0 Å². The minimum atomic E-state index is -0.692. The van der Waals surface area contributed by atoms with Crippen molar-refractivity contribution in [3.05, 3.63) is 70.8 Å². The second-order valence-corrected chi connectivity index (χ2v) is 7.57. The van der Waals surface area contributed by atoms with E-state index in [4.69, 9.17) is 5.11 Å². The SMILES string of the molecule is O=C(O)CCCCCCc1ccccc1Cc1ccc(C#CC2CNC2)cc1. The summed E-state index contributed by atoms with van der Waals surface area (Å²) in [6.07, 6.45) is 6.26. The molecule has 1 heterocycles. The van der Waals surface area contributed by atoms with Crippen molar-refractivity contribution in [2.75, 3.05) is 13.1 Å². The lowest BCUT2D eigenvalue weighted by molar-refractivity contribution is -0.137. The normalized spacial score (nSPS) is 13.4. The summed E-state index contributed by atoms with van der Waals surface area (Å²) in [4.78, 5) is 10.6. The molecule has 0 amide bonds. The average Bonchev–Trinajstić information content (AvgIpc) is 2.65. The van der Waals surface area contributed by atoms with Crippen LogP contribution >= 0.6 is 0 Å². The van der Waals surface area contributed by atoms with Crippen LogP contribution in [0.5, 0.6) is 0 Å². The van der Waals surface area contributed by atoms with Crippen molar-refractivity contribution in [3.63, 3.8) is 0 Å². The van der Waals surface area contributed by atoms with Crippen molar-refractivity contribution in [1.29, 1.82) is 0 Å². The third kappa shape index (κ3) is 6.55. The summed E-state index contributed by atoms with van der Waals surface area (Å²) in [5, 5.41) is 11.9. The molecule has 0 unspecified atom stereocenters. The molecule has 1 aliphatic heterocycles. The Bertz CT molecular complexity index is 826. The summed E-state index contributed by atoms with van der Waals surface area (Å²) >= 11 is 0. The first kappa shape index (κ1) is 20.2. The summed E-state index contributed by atoms with van der Waals surface area (Å²) in [7, 11) is 0. The number of aliphatic carboxylic acids is 1. The maximum Gasteiger partial charge on any atom is 0.303 e. The van der Waals surface area contributed by atoms with E-state index in [1.165, 1.54) is 16.7 Å². The van der Waals surface area contributed by atoms with Gasteiger partial charge in [-0.3, -0.25) is 4.79 Å². The number of carbonyl (C=O) groups is 1. The standard InChI is InChI=1S/C25H29NO2/c27-25(28)10-4-2-1-3-7-23-8-5-6-9-24(23)17-21-14-11-20(12-15-21)13-16-22-18-26-19-22/h5-6,8-9,11-12,14-15,22,26H,1-4,7,10,17-19H2,(H,27,28). The van der Waals surface area contributed by atoms with Gasteiger partial charge in [-0.05, 0) is 54.5 Å². The van der Waals surface area contributed by atoms with Gasteiger partial charge in [-0.25, -0.2) is 0 Å². The van der Waals surface area contributed by atoms with E-state index >= 15 is 0 Å². The maximum atomic E-state index is 10.6. The third-order valence-electron chi connectivity index (χ3n) is 5.26. The number of benzene rings is 2. The van der Waals surface area contributed by atoms with Gasteiger partial charge < -0.3 is 10.4 Å². The Hall–Kier alpha value is -2.57. The van der Waals surface area contributed by atoms with E-state index in [0.29, 0.717) is 5.92 Å². The van der Waals surface area contributed by atoms with Crippen LogP contribution in [0.4, 0.5) is 0 Å². The van der Waals surface area contributed by atoms with Crippen LogP contribution in [0.1, 0.15) is 54.4 Å². The van der Waals surface area contributed by atoms with Gasteiger partial charge in [0, 0.05) is 31.0 Å². The van der Waals surface area contributed by atoms with E-state index in [9.17, 15) is 4.79 Å². The number of nitrogens with one attached hydrogen (secondary N) is 1. The number of aryl methyl sites for hydroxylation is 1. The monoisotopic (exact) mass is 375 g/mol. The Morgan fingerprint density at radius 1 is 0.964 bits per heavy atom. The maximum absolute atomic E-state index is 10.6. The number of rotatable bonds is 9. The van der Waals surface area contributed by atoms with Crippen LogP contribution in [-0.4, -0.2) is 24.2 Å². The zero-order valence-corrected chi connectivity index (χ0v) is 16.4. The molecule has 0 spiro atoms. The first-order valence-corrected chi connectivity index (χ1v) is 10.3. The van der Waals surface area contributed by atoms with Gasteiger partial charge in [0.05, 0.1) is 0 Å². The van der Waals surface area contributed by atoms with Gasteiger partial charge in [0.2, 0.25) is 0 Å². The topological polar surface area (TPSA) is 49.3 Å². The predicted molar refractivity (Wildman–Crippen MR) is 113 cm³/mol. The molecule has 3 rings (SSSR count). The minimum Gasteiger partial charge on any atom is -0.481 e. The van der Waals surface area contributed by atoms with E-state index in [1.807, 2.05) is 0 Å². The lowest BCUT2D eigenvalue weighted by Gasteiger charge is -2.21. The minimum absolute atomic E-state index is 0.286. The molecule has 1 aliphatic rings. The smallest absolute Gasteiger partial charge is 0.303 e. The fraction of sp³-hybridized carbons (Fsp3) is 0.400. The van der Waals surface area contributed by atoms with E-state index in [-0.39, 0.29) is 6.42 Å². The summed E-state index contributed by atoms with van der Waals surface area (Å²) in [5.41, 5.74) is 5.18. The number of carboxylic acid groups (broad SMARTS) is 1. The van der Waals surface area contributed by atoms with Crippen molar-refractivity contribution in [2.24, 2.45) is 5.92 Å². The van der Waals surface area contributed by atoms with E-state index < -0.39 is 5.97 Å². The van der Waals surface area contributed by atoms with Crippen molar-refractivity contribution in [2.45, 2.75) is 44.9 Å². The summed E-state index contributed by atoms with van der Waals surface area (Å²) in [6.45, 7) is 2.03. The molecule has 2 aromatic carbocycles. The van der Waals surface area contributed by atoms with Crippen molar-refractivity contribution in [3.8, 4) is 11.8 Å². The number of hydrogen-bond acceptors (Lipinski definition) is 2. The molecule has 1 saturated heterocycles. The molecule has 0 aromatic heterocycles. The highest BCUT2D eigenvalue weighted by molar-refractivity contribution is 5.66. The van der Waals surface area contributed by atoms with Crippen molar-refractivity contribution >= 4 is 5.97 Å². The molecule has 3 heteroatoms. The first-order valence-electron chi connectivity index (χ1n) is 10.3. The predicted octanol–water partition coefficient (Wildman–Crippen LogP) is 4.43. The molecule has 146 valence electrons. The molecule has 1 fully saturated rings. The average molecular weight is 376 g/mol. The van der Waals surface area contributed by atoms with Crippen LogP contribution in [0, 0.1) is 17.8 Å². The van der Waals surface area contributed by atoms with Gasteiger partial charge in [0.1, 0.15) is 0 Å². The largest absolute Gasteiger partial charge is 0.481 e. The Morgan fingerprint density at radius 3 is 2.36 bits per heavy atom. The zero-order chi connectivity index (χ0) is 19.6. The van der Waals surface area contributed by atoms with Gasteiger partial charge >= 0.3 is 5.97 Å². The summed E-state index contributed by atoms with van der Waals surface area (Å²) in [6, 6.07) is 17.3. The lowest BCUT2D eigenvalue weighted by atomic mass is 9.95. The van der Waals surface area contributed by atoms with Crippen molar-refractivity contribution < 1.29 is 9.90 Å². The zero-order valence-electron chi connectivity index (χ0n) is 16.4. The molecule has 0 radical (unpaired) electrons. The van der Waals surface area contributed by atoms with Gasteiger partial charge in [0.15, 0.2) is 0 Å². The Morgan fingerprint density at radius 2 is 1.68 bits per heavy atom. The highest BCUT2D eigenvalue weighted by Crippen LogP contribution is 2.18. The third-order valence-corrected chi connectivity index (χ3v) is 5.26. The van der Waals surface area contributed by atoms with Crippen LogP contribution in [0.2, 0.25) is 0 Å². The summed E-state index contributed by atoms with van der Waals surface area (Å²) in [5.74, 6) is 6.40. The Kier molecular flexibility index (Phi) is 7.70. The van der Waals surface area contributed by atoms with Crippen LogP contribution < -0.4 is 5.32 Å². The highest BCUT2D eigenvalue weighted by atomic mass is 16.4. The molecular formula is C25H29NO2. The van der Waals surface area contributed by atoms with E-state index in [2.05, 4.69) is 65.7 Å². The van der Waals surface area contributed by atoms with Crippen LogP contribution in [0.15, 0.2) is 48.5 Å². The Balaban J connectivity index is 1.51. The molecule has 0 saturated carbocycles. The highest BCUT2D eigenvalue weighted by Gasteiger charge is 2.12.